The molecule has 2 heterocycles. The van der Waals surface area contributed by atoms with Crippen LogP contribution in [0.25, 0.3) is 0 Å². The summed E-state index contributed by atoms with van der Waals surface area (Å²) < 4.78 is 50.4. The third-order valence-corrected chi connectivity index (χ3v) is 7.35. The first kappa shape index (κ1) is 40.8. The second-order valence-electron chi connectivity index (χ2n) is 11.5. The quantitative estimate of drug-likeness (QED) is 0.124. The van der Waals surface area contributed by atoms with E-state index in [9.17, 15) is 33.9 Å². The van der Waals surface area contributed by atoms with Crippen LogP contribution < -0.4 is 10.6 Å². The summed E-state index contributed by atoms with van der Waals surface area (Å²) in [6, 6.07) is 6.24. The van der Waals surface area contributed by atoms with Gasteiger partial charge in [-0.2, -0.15) is 0 Å². The Bertz CT molecular complexity index is 1380. The molecule has 0 bridgehead atoms. The monoisotopic (exact) mass is 724 g/mol. The van der Waals surface area contributed by atoms with Crippen molar-refractivity contribution >= 4 is 35.9 Å². The summed E-state index contributed by atoms with van der Waals surface area (Å²) in [6.45, 7) is 8.02. The largest absolute Gasteiger partial charge is 0.463 e. The molecule has 18 nitrogen and oxygen atoms in total. The van der Waals surface area contributed by atoms with Crippen LogP contribution >= 0.6 is 0 Å². The van der Waals surface area contributed by atoms with Crippen molar-refractivity contribution in [3.8, 4) is 0 Å². The van der Waals surface area contributed by atoms with Crippen molar-refractivity contribution < 1.29 is 76.5 Å². The van der Waals surface area contributed by atoms with Gasteiger partial charge in [-0.15, -0.1) is 6.58 Å². The Morgan fingerprint density at radius 2 is 1.29 bits per heavy atom. The molecule has 0 aromatic heterocycles. The Hall–Kier alpha value is -4.62. The maximum Gasteiger partial charge on any atom is 0.407 e. The number of amides is 2. The molecule has 1 aromatic rings. The number of alkyl carbamates (subject to hydrolysis) is 1. The van der Waals surface area contributed by atoms with E-state index < -0.39 is 110 Å². The van der Waals surface area contributed by atoms with Crippen LogP contribution in [0, 0.1) is 0 Å². The molecule has 51 heavy (non-hydrogen) atoms. The standard InChI is InChI=1S/C33H44N2O16/c1-7-13-43-31-25(35-33(42)46-14-22-11-9-8-10-12-22)29(48-20(5)39)27(41)23(50-31)15-45-32-26(34-17(2)36)30(49-21(6)40)28(47-19(4)38)24(51-32)16-44-18(3)37/h7-12,23-32,41H,1,13-16H2,2-6H3,(H,34,36)(H,35,42)/t23-,24-,25-,26-,27-,28-,29-,30-,31+,32-/m1/s1. The molecule has 0 saturated carbocycles. The Balaban J connectivity index is 1.88. The number of aliphatic hydroxyl groups excluding tert-OH is 1. The highest BCUT2D eigenvalue weighted by Gasteiger charge is 2.53. The number of carbonyl (C=O) groups excluding carboxylic acids is 6. The minimum absolute atomic E-state index is 0.0857. The highest BCUT2D eigenvalue weighted by Crippen LogP contribution is 2.30. The fraction of sp³-hybridized carbons (Fsp3) is 0.576. The Morgan fingerprint density at radius 3 is 1.88 bits per heavy atom. The molecule has 3 rings (SSSR count). The van der Waals surface area contributed by atoms with E-state index in [2.05, 4.69) is 17.2 Å². The van der Waals surface area contributed by atoms with Crippen molar-refractivity contribution in [3.63, 3.8) is 0 Å². The fourth-order valence-electron chi connectivity index (χ4n) is 5.37. The molecule has 2 aliphatic rings. The first-order chi connectivity index (χ1) is 24.2. The van der Waals surface area contributed by atoms with E-state index >= 15 is 0 Å². The van der Waals surface area contributed by atoms with E-state index in [1.165, 1.54) is 13.0 Å². The lowest BCUT2D eigenvalue weighted by molar-refractivity contribution is -0.305. The summed E-state index contributed by atoms with van der Waals surface area (Å²) >= 11 is 0. The van der Waals surface area contributed by atoms with Gasteiger partial charge >= 0.3 is 30.0 Å². The highest BCUT2D eigenvalue weighted by atomic mass is 16.7. The molecule has 2 saturated heterocycles. The number of esters is 4. The zero-order valence-corrected chi connectivity index (χ0v) is 28.8. The Labute approximate surface area is 293 Å². The summed E-state index contributed by atoms with van der Waals surface area (Å²) in [7, 11) is 0. The first-order valence-corrected chi connectivity index (χ1v) is 15.9. The summed E-state index contributed by atoms with van der Waals surface area (Å²) in [5.74, 6) is -3.70. The van der Waals surface area contributed by atoms with E-state index in [0.29, 0.717) is 5.56 Å². The number of hydrogen-bond donors (Lipinski definition) is 3. The van der Waals surface area contributed by atoms with Gasteiger partial charge < -0.3 is 58.4 Å². The molecule has 0 spiro atoms. The maximum atomic E-state index is 12.8. The number of hydrogen-bond acceptors (Lipinski definition) is 16. The van der Waals surface area contributed by atoms with Crippen LogP contribution in [0.15, 0.2) is 43.0 Å². The molecule has 2 amide bonds. The zero-order valence-electron chi connectivity index (χ0n) is 28.8. The SMILES string of the molecule is C=CCO[C@H]1O[C@H](CO[C@@H]2O[C@H](COC(C)=O)[C@@H](OC(C)=O)[C@H](OC(C)=O)[C@H]2NC(C)=O)[C@@H](O)[C@H](OC(C)=O)[C@H]1NC(=O)OCc1ccccc1. The summed E-state index contributed by atoms with van der Waals surface area (Å²) in [5, 5.41) is 16.5. The minimum Gasteiger partial charge on any atom is -0.463 e. The van der Waals surface area contributed by atoms with Crippen LogP contribution in [0.1, 0.15) is 40.2 Å². The van der Waals surface area contributed by atoms with Crippen LogP contribution in [-0.2, 0) is 73.2 Å². The molecule has 18 heteroatoms. The molecule has 1 aromatic carbocycles. The predicted octanol–water partition coefficient (Wildman–Crippen LogP) is 0.174. The first-order valence-electron chi connectivity index (χ1n) is 15.9. The van der Waals surface area contributed by atoms with Gasteiger partial charge in [0.15, 0.2) is 30.9 Å². The molecule has 2 aliphatic heterocycles. The third-order valence-electron chi connectivity index (χ3n) is 7.35. The number of nitrogens with one attached hydrogen (secondary N) is 2. The van der Waals surface area contributed by atoms with Crippen LogP contribution in [0.3, 0.4) is 0 Å². The van der Waals surface area contributed by atoms with Gasteiger partial charge in [0, 0.05) is 34.6 Å². The molecule has 0 radical (unpaired) electrons. The van der Waals surface area contributed by atoms with Crippen LogP contribution in [0.4, 0.5) is 4.79 Å². The number of benzene rings is 1. The molecule has 10 atom stereocenters. The van der Waals surface area contributed by atoms with E-state index in [4.69, 9.17) is 42.6 Å². The Morgan fingerprint density at radius 1 is 0.725 bits per heavy atom. The van der Waals surface area contributed by atoms with Gasteiger partial charge in [0.25, 0.3) is 0 Å². The summed E-state index contributed by atoms with van der Waals surface area (Å²) in [4.78, 5) is 73.2. The normalized spacial score (nSPS) is 28.7. The molecular formula is C33H44N2O16. The van der Waals surface area contributed by atoms with Crippen LogP contribution in [0.2, 0.25) is 0 Å². The van der Waals surface area contributed by atoms with Gasteiger partial charge in [0.05, 0.1) is 13.2 Å². The van der Waals surface area contributed by atoms with Gasteiger partial charge in [0.1, 0.15) is 43.6 Å². The van der Waals surface area contributed by atoms with Gasteiger partial charge in [-0.3, -0.25) is 24.0 Å². The molecule has 0 aliphatic carbocycles. The highest BCUT2D eigenvalue weighted by molar-refractivity contribution is 5.74. The van der Waals surface area contributed by atoms with E-state index in [0.717, 1.165) is 27.7 Å². The van der Waals surface area contributed by atoms with Crippen molar-refractivity contribution in [1.82, 2.24) is 10.6 Å². The van der Waals surface area contributed by atoms with Crippen molar-refractivity contribution in [1.29, 1.82) is 0 Å². The molecular weight excluding hydrogens is 680 g/mol. The van der Waals surface area contributed by atoms with Crippen LogP contribution in [-0.4, -0.2) is 122 Å². The molecule has 3 N–H and O–H groups in total. The topological polar surface area (TPSA) is 230 Å². The minimum atomic E-state index is -1.66. The second-order valence-corrected chi connectivity index (χ2v) is 11.5. The molecule has 2 fully saturated rings. The lowest BCUT2D eigenvalue weighted by Gasteiger charge is -2.46. The number of carbonyl (C=O) groups is 6. The van der Waals surface area contributed by atoms with Crippen LogP contribution in [0.5, 0.6) is 0 Å². The molecule has 0 unspecified atom stereocenters. The van der Waals surface area contributed by atoms with E-state index in [1.54, 1.807) is 30.3 Å². The Kier molecular flexibility index (Phi) is 15.8. The second kappa shape index (κ2) is 19.7. The zero-order chi connectivity index (χ0) is 37.7. The lowest BCUT2D eigenvalue weighted by Crippen LogP contribution is -2.68. The maximum absolute atomic E-state index is 12.8. The lowest BCUT2D eigenvalue weighted by atomic mass is 9.95. The van der Waals surface area contributed by atoms with Gasteiger partial charge in [-0.1, -0.05) is 36.4 Å². The smallest absolute Gasteiger partial charge is 0.407 e. The van der Waals surface area contributed by atoms with Crippen molar-refractivity contribution in [2.24, 2.45) is 0 Å². The predicted molar refractivity (Wildman–Crippen MR) is 170 cm³/mol. The third kappa shape index (κ3) is 12.6. The average molecular weight is 725 g/mol. The number of rotatable bonds is 15. The number of ether oxygens (including phenoxy) is 9. The van der Waals surface area contributed by atoms with Crippen molar-refractivity contribution in [2.45, 2.75) is 103 Å². The van der Waals surface area contributed by atoms with Gasteiger partial charge in [-0.05, 0) is 5.56 Å². The van der Waals surface area contributed by atoms with Gasteiger partial charge in [-0.25, -0.2) is 4.79 Å². The summed E-state index contributed by atoms with van der Waals surface area (Å²) in [5.41, 5.74) is 0.702. The fourth-order valence-corrected chi connectivity index (χ4v) is 5.37. The number of aliphatic hydroxyl groups is 1. The van der Waals surface area contributed by atoms with E-state index in [-0.39, 0.29) is 13.2 Å². The van der Waals surface area contributed by atoms with Crippen molar-refractivity contribution in [2.75, 3.05) is 19.8 Å². The van der Waals surface area contributed by atoms with Gasteiger partial charge in [0.2, 0.25) is 5.91 Å². The summed E-state index contributed by atoms with van der Waals surface area (Å²) in [6.07, 6.45) is -10.9. The average Bonchev–Trinajstić information content (AvgIpc) is 3.05. The van der Waals surface area contributed by atoms with E-state index in [1.807, 2.05) is 0 Å². The van der Waals surface area contributed by atoms with Crippen molar-refractivity contribution in [3.05, 3.63) is 48.6 Å². The molecule has 282 valence electrons.